The van der Waals surface area contributed by atoms with Gasteiger partial charge in [0.05, 0.1) is 5.69 Å². The first-order valence-corrected chi connectivity index (χ1v) is 5.15. The summed E-state index contributed by atoms with van der Waals surface area (Å²) < 4.78 is 5.56. The largest absolute Gasteiger partial charge is 0.488 e. The minimum absolute atomic E-state index is 0.415. The zero-order chi connectivity index (χ0) is 12.3. The molecule has 2 aromatic carbocycles. The third kappa shape index (κ3) is 2.78. The van der Waals surface area contributed by atoms with Gasteiger partial charge < -0.3 is 20.5 Å². The van der Waals surface area contributed by atoms with Gasteiger partial charge in [-0.25, -0.2) is 0 Å². The fraction of sp³-hybridized carbons (Fsp3) is 0. The summed E-state index contributed by atoms with van der Waals surface area (Å²) in [7, 11) is -1.47. The summed E-state index contributed by atoms with van der Waals surface area (Å²) in [4.78, 5) is 0. The van der Waals surface area contributed by atoms with E-state index in [1.165, 1.54) is 0 Å². The third-order valence-electron chi connectivity index (χ3n) is 2.33. The van der Waals surface area contributed by atoms with Gasteiger partial charge in [0.15, 0.2) is 0 Å². The summed E-state index contributed by atoms with van der Waals surface area (Å²) in [5.74, 6) is 1.16. The Kier molecular flexibility index (Phi) is 3.32. The van der Waals surface area contributed by atoms with Gasteiger partial charge in [-0.1, -0.05) is 24.3 Å². The maximum Gasteiger partial charge on any atom is 0.488 e. The number of hydrogen-bond donors (Lipinski definition) is 3. The zero-order valence-corrected chi connectivity index (χ0v) is 9.08. The van der Waals surface area contributed by atoms with E-state index in [0.29, 0.717) is 22.6 Å². The number of para-hydroxylation sites is 2. The first-order chi connectivity index (χ1) is 8.16. The van der Waals surface area contributed by atoms with Crippen LogP contribution in [0, 0.1) is 0 Å². The SMILES string of the molecule is Nc1ccccc1Oc1ccc(B(O)O)cc1. The first-order valence-electron chi connectivity index (χ1n) is 5.15. The Bertz CT molecular complexity index is 499. The molecule has 86 valence electrons. The Labute approximate surface area is 99.4 Å². The molecule has 0 radical (unpaired) electrons. The van der Waals surface area contributed by atoms with Gasteiger partial charge in [0.25, 0.3) is 0 Å². The topological polar surface area (TPSA) is 75.7 Å². The van der Waals surface area contributed by atoms with Crippen LogP contribution in [0.4, 0.5) is 5.69 Å². The molecule has 4 nitrogen and oxygen atoms in total. The number of ether oxygens (including phenoxy) is 1. The van der Waals surface area contributed by atoms with E-state index in [1.807, 2.05) is 12.1 Å². The number of hydrogen-bond acceptors (Lipinski definition) is 4. The van der Waals surface area contributed by atoms with Gasteiger partial charge in [0, 0.05) is 0 Å². The van der Waals surface area contributed by atoms with Crippen molar-refractivity contribution in [3.05, 3.63) is 48.5 Å². The normalized spacial score (nSPS) is 10.0. The lowest BCUT2D eigenvalue weighted by Crippen LogP contribution is -2.29. The fourth-order valence-corrected chi connectivity index (χ4v) is 1.41. The van der Waals surface area contributed by atoms with E-state index < -0.39 is 7.12 Å². The summed E-state index contributed by atoms with van der Waals surface area (Å²) in [6, 6.07) is 13.6. The van der Waals surface area contributed by atoms with E-state index >= 15 is 0 Å². The van der Waals surface area contributed by atoms with Crippen LogP contribution in [-0.4, -0.2) is 17.2 Å². The standard InChI is InChI=1S/C12H12BNO3/c14-11-3-1-2-4-12(11)17-10-7-5-9(6-8-10)13(15)16/h1-8,15-16H,14H2. The van der Waals surface area contributed by atoms with Gasteiger partial charge in [-0.05, 0) is 29.7 Å². The van der Waals surface area contributed by atoms with Gasteiger partial charge in [-0.15, -0.1) is 0 Å². The van der Waals surface area contributed by atoms with Gasteiger partial charge in [-0.2, -0.15) is 0 Å². The summed E-state index contributed by atoms with van der Waals surface area (Å²) in [6.45, 7) is 0. The highest BCUT2D eigenvalue weighted by Gasteiger charge is 2.10. The number of nitrogen functional groups attached to an aromatic ring is 1. The van der Waals surface area contributed by atoms with Crippen molar-refractivity contribution in [2.24, 2.45) is 0 Å². The van der Waals surface area contributed by atoms with Crippen LogP contribution < -0.4 is 15.9 Å². The van der Waals surface area contributed by atoms with Crippen molar-refractivity contribution in [1.29, 1.82) is 0 Å². The lowest BCUT2D eigenvalue weighted by Gasteiger charge is -2.08. The van der Waals surface area contributed by atoms with Crippen molar-refractivity contribution in [2.75, 3.05) is 5.73 Å². The molecule has 0 atom stereocenters. The van der Waals surface area contributed by atoms with Gasteiger partial charge in [-0.3, -0.25) is 0 Å². The minimum Gasteiger partial charge on any atom is -0.455 e. The molecule has 5 heteroatoms. The van der Waals surface area contributed by atoms with Crippen LogP contribution >= 0.6 is 0 Å². The second-order valence-electron chi connectivity index (χ2n) is 3.58. The van der Waals surface area contributed by atoms with Crippen LogP contribution in [0.15, 0.2) is 48.5 Å². The van der Waals surface area contributed by atoms with Crippen LogP contribution in [0.3, 0.4) is 0 Å². The molecule has 0 fully saturated rings. The Balaban J connectivity index is 2.17. The second kappa shape index (κ2) is 4.90. The van der Waals surface area contributed by atoms with Gasteiger partial charge in [0.2, 0.25) is 0 Å². The van der Waals surface area contributed by atoms with Gasteiger partial charge >= 0.3 is 7.12 Å². The second-order valence-corrected chi connectivity index (χ2v) is 3.58. The van der Waals surface area contributed by atoms with Crippen LogP contribution in [0.25, 0.3) is 0 Å². The maximum atomic E-state index is 8.94. The summed E-state index contributed by atoms with van der Waals surface area (Å²) in [6.07, 6.45) is 0. The highest BCUT2D eigenvalue weighted by molar-refractivity contribution is 6.58. The van der Waals surface area contributed by atoms with Crippen LogP contribution in [0.5, 0.6) is 11.5 Å². The first kappa shape index (κ1) is 11.5. The van der Waals surface area contributed by atoms with Gasteiger partial charge in [0.1, 0.15) is 11.5 Å². The number of anilines is 1. The smallest absolute Gasteiger partial charge is 0.455 e. The van der Waals surface area contributed by atoms with Crippen molar-refractivity contribution >= 4 is 18.3 Å². The highest BCUT2D eigenvalue weighted by atomic mass is 16.5. The molecule has 0 aliphatic rings. The molecule has 2 aromatic rings. The highest BCUT2D eigenvalue weighted by Crippen LogP contribution is 2.26. The average Bonchev–Trinajstić information content (AvgIpc) is 2.33. The van der Waals surface area contributed by atoms with Crippen molar-refractivity contribution < 1.29 is 14.8 Å². The molecule has 0 heterocycles. The molecule has 0 saturated carbocycles. The van der Waals surface area contributed by atoms with E-state index in [2.05, 4.69) is 0 Å². The van der Waals surface area contributed by atoms with Crippen LogP contribution in [0.1, 0.15) is 0 Å². The van der Waals surface area contributed by atoms with E-state index in [9.17, 15) is 0 Å². The number of rotatable bonds is 3. The Morgan fingerprint density at radius 3 is 2.18 bits per heavy atom. The maximum absolute atomic E-state index is 8.94. The molecule has 17 heavy (non-hydrogen) atoms. The van der Waals surface area contributed by atoms with E-state index in [0.717, 1.165) is 0 Å². The molecule has 4 N–H and O–H groups in total. The lowest BCUT2D eigenvalue weighted by molar-refractivity contribution is 0.425. The molecular formula is C12H12BNO3. The predicted molar refractivity (Wildman–Crippen MR) is 67.2 cm³/mol. The van der Waals surface area contributed by atoms with Crippen LogP contribution in [0.2, 0.25) is 0 Å². The summed E-state index contributed by atoms with van der Waals surface area (Å²) in [5.41, 5.74) is 6.71. The van der Waals surface area contributed by atoms with Crippen molar-refractivity contribution in [3.8, 4) is 11.5 Å². The molecule has 2 rings (SSSR count). The quantitative estimate of drug-likeness (QED) is 0.536. The molecule has 0 unspecified atom stereocenters. The molecule has 0 amide bonds. The van der Waals surface area contributed by atoms with Crippen molar-refractivity contribution in [3.63, 3.8) is 0 Å². The van der Waals surface area contributed by atoms with Crippen molar-refractivity contribution in [2.45, 2.75) is 0 Å². The van der Waals surface area contributed by atoms with E-state index in [1.54, 1.807) is 36.4 Å². The molecular weight excluding hydrogens is 217 g/mol. The number of benzene rings is 2. The summed E-state index contributed by atoms with van der Waals surface area (Å²) >= 11 is 0. The van der Waals surface area contributed by atoms with Crippen molar-refractivity contribution in [1.82, 2.24) is 0 Å². The lowest BCUT2D eigenvalue weighted by atomic mass is 9.80. The predicted octanol–water partition coefficient (Wildman–Crippen LogP) is 0.741. The Morgan fingerprint density at radius 1 is 0.941 bits per heavy atom. The third-order valence-corrected chi connectivity index (χ3v) is 2.33. The number of nitrogens with two attached hydrogens (primary N) is 1. The molecule has 0 bridgehead atoms. The molecule has 0 aromatic heterocycles. The molecule has 0 aliphatic heterocycles. The Morgan fingerprint density at radius 2 is 1.59 bits per heavy atom. The van der Waals surface area contributed by atoms with E-state index in [4.69, 9.17) is 20.5 Å². The molecule has 0 spiro atoms. The fourth-order valence-electron chi connectivity index (χ4n) is 1.41. The Hall–Kier alpha value is -1.98. The van der Waals surface area contributed by atoms with E-state index in [-0.39, 0.29) is 0 Å². The summed E-state index contributed by atoms with van der Waals surface area (Å²) in [5, 5.41) is 17.9. The molecule has 0 saturated heterocycles. The molecule has 0 aliphatic carbocycles. The zero-order valence-electron chi connectivity index (χ0n) is 9.08. The minimum atomic E-state index is -1.47. The average molecular weight is 229 g/mol. The monoisotopic (exact) mass is 229 g/mol. The van der Waals surface area contributed by atoms with Crippen LogP contribution in [-0.2, 0) is 0 Å².